The number of sulfone groups is 1. The van der Waals surface area contributed by atoms with Gasteiger partial charge in [0.05, 0.1) is 10.1 Å². The minimum atomic E-state index is -3.23. The highest BCUT2D eigenvalue weighted by atomic mass is 32.2. The van der Waals surface area contributed by atoms with Crippen LogP contribution in [0.2, 0.25) is 0 Å². The van der Waals surface area contributed by atoms with E-state index >= 15 is 0 Å². The average molecular weight is 304 g/mol. The second-order valence-corrected chi connectivity index (χ2v) is 7.61. The van der Waals surface area contributed by atoms with Gasteiger partial charge in [0.15, 0.2) is 9.84 Å². The summed E-state index contributed by atoms with van der Waals surface area (Å²) in [5.74, 6) is -0.513. The van der Waals surface area contributed by atoms with Gasteiger partial charge in [-0.05, 0) is 35.4 Å². The van der Waals surface area contributed by atoms with Crippen molar-refractivity contribution in [2.45, 2.75) is 16.1 Å². The van der Waals surface area contributed by atoms with Gasteiger partial charge < -0.3 is 5.32 Å². The molecule has 4 nitrogen and oxygen atoms in total. The molecule has 0 unspecified atom stereocenters. The van der Waals surface area contributed by atoms with Crippen LogP contribution in [-0.2, 0) is 9.84 Å². The topological polar surface area (TPSA) is 59.1 Å². The molecule has 2 aliphatic rings. The molecule has 4 rings (SSSR count). The van der Waals surface area contributed by atoms with Crippen molar-refractivity contribution in [1.29, 1.82) is 0 Å². The number of hydrogen-bond donors (Lipinski definition) is 1. The van der Waals surface area contributed by atoms with Crippen molar-refractivity contribution in [2.24, 2.45) is 0 Å². The van der Waals surface area contributed by atoms with E-state index in [1.165, 1.54) is 12.3 Å². The first-order chi connectivity index (χ1) is 10.1. The van der Waals surface area contributed by atoms with Crippen LogP contribution in [0.4, 0.5) is 4.39 Å². The van der Waals surface area contributed by atoms with E-state index in [9.17, 15) is 12.8 Å². The van der Waals surface area contributed by atoms with E-state index in [1.807, 2.05) is 6.07 Å². The summed E-state index contributed by atoms with van der Waals surface area (Å²) in [6.45, 7) is 1.19. The van der Waals surface area contributed by atoms with Gasteiger partial charge in [0.2, 0.25) is 5.95 Å². The van der Waals surface area contributed by atoms with Crippen molar-refractivity contribution < 1.29 is 12.8 Å². The van der Waals surface area contributed by atoms with Crippen molar-refractivity contribution in [3.05, 3.63) is 48.0 Å². The highest BCUT2D eigenvalue weighted by Gasteiger charge is 2.47. The number of hydrogen-bond acceptors (Lipinski definition) is 4. The van der Waals surface area contributed by atoms with Crippen molar-refractivity contribution in [1.82, 2.24) is 10.3 Å². The van der Waals surface area contributed by atoms with Crippen LogP contribution in [0.3, 0.4) is 0 Å². The van der Waals surface area contributed by atoms with Gasteiger partial charge in [0.1, 0.15) is 0 Å². The van der Waals surface area contributed by atoms with Crippen molar-refractivity contribution in [3.63, 3.8) is 0 Å². The summed E-state index contributed by atoms with van der Waals surface area (Å²) in [5.41, 5.74) is 2.52. The van der Waals surface area contributed by atoms with Crippen LogP contribution >= 0.6 is 0 Å². The third-order valence-corrected chi connectivity index (χ3v) is 6.61. The molecule has 2 aliphatic heterocycles. The van der Waals surface area contributed by atoms with E-state index in [0.717, 1.165) is 16.7 Å². The number of rotatable bonds is 1. The zero-order chi connectivity index (χ0) is 14.6. The molecule has 0 aliphatic carbocycles. The molecule has 2 aromatic rings. The highest BCUT2D eigenvalue weighted by molar-refractivity contribution is 7.92. The largest absolute Gasteiger partial charge is 0.315 e. The van der Waals surface area contributed by atoms with E-state index in [0.29, 0.717) is 18.0 Å². The molecule has 2 atom stereocenters. The monoisotopic (exact) mass is 304 g/mol. The lowest BCUT2D eigenvalue weighted by molar-refractivity contribution is 0.584. The van der Waals surface area contributed by atoms with Crippen LogP contribution < -0.4 is 5.32 Å². The highest BCUT2D eigenvalue weighted by Crippen LogP contribution is 2.43. The Hall–Kier alpha value is -1.79. The molecular formula is C15H13FN2O2S. The van der Waals surface area contributed by atoms with Crippen molar-refractivity contribution in [3.8, 4) is 11.1 Å². The summed E-state index contributed by atoms with van der Waals surface area (Å²) in [5, 5.41) is 2.79. The van der Waals surface area contributed by atoms with Gasteiger partial charge >= 0.3 is 0 Å². The Labute approximate surface area is 121 Å². The SMILES string of the molecule is O=S1(=O)c2ccc(-c3ccc(F)nc3)cc2[C@H]2CNC[C@@H]21. The van der Waals surface area contributed by atoms with Crippen LogP contribution in [0.5, 0.6) is 0 Å². The molecule has 0 radical (unpaired) electrons. The fraction of sp³-hybridized carbons (Fsp3) is 0.267. The van der Waals surface area contributed by atoms with E-state index in [-0.39, 0.29) is 11.2 Å². The molecule has 1 fully saturated rings. The molecule has 1 aromatic carbocycles. The van der Waals surface area contributed by atoms with Gasteiger partial charge in [-0.3, -0.25) is 0 Å². The van der Waals surface area contributed by atoms with Crippen molar-refractivity contribution in [2.75, 3.05) is 13.1 Å². The molecule has 21 heavy (non-hydrogen) atoms. The molecule has 1 aromatic heterocycles. The quantitative estimate of drug-likeness (QED) is 0.815. The fourth-order valence-electron chi connectivity index (χ4n) is 3.28. The number of nitrogens with zero attached hydrogens (tertiary/aromatic N) is 1. The summed E-state index contributed by atoms with van der Waals surface area (Å²) in [6.07, 6.45) is 1.46. The molecule has 0 amide bonds. The lowest BCUT2D eigenvalue weighted by Crippen LogP contribution is -2.22. The van der Waals surface area contributed by atoms with Crippen LogP contribution in [-0.4, -0.2) is 31.7 Å². The minimum absolute atomic E-state index is 0.0124. The molecule has 108 valence electrons. The van der Waals surface area contributed by atoms with Crippen LogP contribution in [0, 0.1) is 5.95 Å². The van der Waals surface area contributed by atoms with Crippen molar-refractivity contribution >= 4 is 9.84 Å². The van der Waals surface area contributed by atoms with Crippen LogP contribution in [0.1, 0.15) is 11.5 Å². The van der Waals surface area contributed by atoms with Gasteiger partial charge in [-0.1, -0.05) is 6.07 Å². The molecule has 1 N–H and O–H groups in total. The molecule has 1 saturated heterocycles. The first-order valence-corrected chi connectivity index (χ1v) is 8.32. The lowest BCUT2D eigenvalue weighted by atomic mass is 9.95. The zero-order valence-corrected chi connectivity index (χ0v) is 11.9. The summed E-state index contributed by atoms with van der Waals surface area (Å²) in [7, 11) is -3.23. The standard InChI is InChI=1S/C15H13FN2O2S/c16-15-4-2-10(6-18-15)9-1-3-13-11(5-9)12-7-17-8-14(12)21(13,19)20/h1-6,12,14,17H,7-8H2/t12-,14+/m1/s1. The van der Waals surface area contributed by atoms with E-state index in [4.69, 9.17) is 0 Å². The maximum Gasteiger partial charge on any atom is 0.212 e. The van der Waals surface area contributed by atoms with Gasteiger partial charge in [-0.25, -0.2) is 13.4 Å². The summed E-state index contributed by atoms with van der Waals surface area (Å²) >= 11 is 0. The first kappa shape index (κ1) is 12.9. The number of fused-ring (bicyclic) bond motifs is 3. The molecular weight excluding hydrogens is 291 g/mol. The Kier molecular flexibility index (Phi) is 2.68. The average Bonchev–Trinajstić information content (AvgIpc) is 3.03. The summed E-state index contributed by atoms with van der Waals surface area (Å²) < 4.78 is 37.8. The maximum absolute atomic E-state index is 12.9. The summed E-state index contributed by atoms with van der Waals surface area (Å²) in [6, 6.07) is 8.29. The zero-order valence-electron chi connectivity index (χ0n) is 11.1. The third kappa shape index (κ3) is 1.82. The van der Waals surface area contributed by atoms with Gasteiger partial charge in [0.25, 0.3) is 0 Å². The molecule has 0 bridgehead atoms. The second kappa shape index (κ2) is 4.35. The van der Waals surface area contributed by atoms with Crippen LogP contribution in [0.25, 0.3) is 11.1 Å². The Morgan fingerprint density at radius 2 is 1.95 bits per heavy atom. The second-order valence-electron chi connectivity index (χ2n) is 5.47. The number of benzene rings is 1. The molecule has 0 spiro atoms. The number of aromatic nitrogens is 1. The maximum atomic E-state index is 12.9. The molecule has 3 heterocycles. The minimum Gasteiger partial charge on any atom is -0.315 e. The number of halogens is 1. The van der Waals surface area contributed by atoms with E-state index < -0.39 is 15.8 Å². The smallest absolute Gasteiger partial charge is 0.212 e. The number of nitrogens with one attached hydrogen (secondary N) is 1. The predicted molar refractivity (Wildman–Crippen MR) is 76.2 cm³/mol. The Bertz CT molecular complexity index is 818. The third-order valence-electron chi connectivity index (χ3n) is 4.33. The first-order valence-electron chi connectivity index (χ1n) is 6.78. The van der Waals surface area contributed by atoms with E-state index in [1.54, 1.807) is 18.2 Å². The van der Waals surface area contributed by atoms with Gasteiger partial charge in [-0.15, -0.1) is 0 Å². The molecule has 6 heteroatoms. The van der Waals surface area contributed by atoms with E-state index in [2.05, 4.69) is 10.3 Å². The lowest BCUT2D eigenvalue weighted by Gasteiger charge is -2.08. The Balaban J connectivity index is 1.86. The molecule has 0 saturated carbocycles. The van der Waals surface area contributed by atoms with Crippen LogP contribution in [0.15, 0.2) is 41.4 Å². The van der Waals surface area contributed by atoms with Gasteiger partial charge in [0, 0.05) is 30.8 Å². The fourth-order valence-corrected chi connectivity index (χ4v) is 5.41. The van der Waals surface area contributed by atoms with Gasteiger partial charge in [-0.2, -0.15) is 4.39 Å². The Morgan fingerprint density at radius 1 is 1.14 bits per heavy atom. The normalized spacial score (nSPS) is 25.6. The number of pyridine rings is 1. The predicted octanol–water partition coefficient (Wildman–Crippen LogP) is 1.73. The Morgan fingerprint density at radius 3 is 2.71 bits per heavy atom. The summed E-state index contributed by atoms with van der Waals surface area (Å²) in [4.78, 5) is 4.09.